The average Bonchev–Trinajstić information content (AvgIpc) is 3.08. The van der Waals surface area contributed by atoms with Gasteiger partial charge in [-0.1, -0.05) is 39.0 Å². The van der Waals surface area contributed by atoms with E-state index in [-0.39, 0.29) is 42.9 Å². The van der Waals surface area contributed by atoms with Gasteiger partial charge in [-0.25, -0.2) is 0 Å². The fraction of sp³-hybridized carbons (Fsp3) is 0.939. The molecule has 0 aromatic carbocycles. The molecule has 0 radical (unpaired) electrons. The van der Waals surface area contributed by atoms with Crippen LogP contribution < -0.4 is 11.1 Å². The van der Waals surface area contributed by atoms with Gasteiger partial charge in [0, 0.05) is 14.1 Å². The van der Waals surface area contributed by atoms with Gasteiger partial charge in [0.1, 0.15) is 48.8 Å². The van der Waals surface area contributed by atoms with Crippen molar-refractivity contribution in [1.82, 2.24) is 10.2 Å². The van der Waals surface area contributed by atoms with Crippen LogP contribution in [-0.2, 0) is 33.3 Å². The normalized spacial score (nSPS) is 40.2. The molecular formula is C33H59N3O12. The molecular weight excluding hydrogens is 630 g/mol. The van der Waals surface area contributed by atoms with E-state index < -0.39 is 80.0 Å². The molecule has 2 saturated heterocycles. The third-order valence-corrected chi connectivity index (χ3v) is 10.5. The number of carbonyl (C=O) groups excluding carboxylic acids is 2. The van der Waals surface area contributed by atoms with Gasteiger partial charge < -0.3 is 65.2 Å². The van der Waals surface area contributed by atoms with E-state index in [2.05, 4.69) is 5.32 Å². The maximum Gasteiger partial charge on any atom is 0.251 e. The molecule has 14 atom stereocenters. The summed E-state index contributed by atoms with van der Waals surface area (Å²) in [6.45, 7) is 2.91. The average molecular weight is 690 g/mol. The first-order valence-electron chi connectivity index (χ1n) is 17.6. The number of hydrogen-bond donors (Lipinski definition) is 7. The fourth-order valence-corrected chi connectivity index (χ4v) is 7.42. The summed E-state index contributed by atoms with van der Waals surface area (Å²) in [5, 5.41) is 55.1. The quantitative estimate of drug-likeness (QED) is 0.123. The number of nitrogens with two attached hydrogens (primary N) is 1. The molecule has 278 valence electrons. The van der Waals surface area contributed by atoms with Crippen LogP contribution in [0.1, 0.15) is 71.6 Å². The summed E-state index contributed by atoms with van der Waals surface area (Å²) in [6.07, 6.45) is -4.08. The molecule has 2 saturated carbocycles. The van der Waals surface area contributed by atoms with Crippen molar-refractivity contribution in [3.63, 3.8) is 0 Å². The van der Waals surface area contributed by atoms with Crippen molar-refractivity contribution in [3.8, 4) is 0 Å². The Morgan fingerprint density at radius 1 is 0.917 bits per heavy atom. The molecule has 0 aromatic rings. The minimum absolute atomic E-state index is 0.0394. The highest BCUT2D eigenvalue weighted by molar-refractivity contribution is 5.80. The largest absolute Gasteiger partial charge is 0.394 e. The lowest BCUT2D eigenvalue weighted by Crippen LogP contribution is -2.67. The van der Waals surface area contributed by atoms with Gasteiger partial charge in [0.25, 0.3) is 5.91 Å². The van der Waals surface area contributed by atoms with Crippen LogP contribution in [0.3, 0.4) is 0 Å². The number of rotatable bonds is 13. The van der Waals surface area contributed by atoms with Crippen molar-refractivity contribution >= 4 is 11.8 Å². The standard InChI is InChI=1S/C33H59N3O12/c1-17-10-11-20(13-21(17)47-33-29(42)28(41)26(39)18(2)45-33)16-44-32-25(35-24(38)14-34)30(27(40)23(15-37)48-32)46-22(31(43)36(3)4)12-19-8-6-5-7-9-19/h17-23,25-30,32-33,37,39-42H,5-16,34H2,1-4H3,(H,35,38)/t17?,18?,20?,21?,22-,23?,25?,26+,27-,28?,29?,30?,32+,33-/m0/s1. The maximum absolute atomic E-state index is 13.4. The van der Waals surface area contributed by atoms with Crippen LogP contribution in [0, 0.1) is 17.8 Å². The Morgan fingerprint density at radius 2 is 1.62 bits per heavy atom. The SMILES string of the molecule is CC1CCC(CO[C@@H]2OC(CO)[C@H](O)C(O[C@@H](CC3CCCCC3)C(=O)N(C)C)C2NC(=O)CN)CC1O[C@@H]1OC(C)[C@@H](O)C(O)C1O. The predicted octanol–water partition coefficient (Wildman–Crippen LogP) is -1.01. The van der Waals surface area contributed by atoms with Gasteiger partial charge in [-0.2, -0.15) is 0 Å². The molecule has 15 nitrogen and oxygen atoms in total. The monoisotopic (exact) mass is 689 g/mol. The second-order valence-corrected chi connectivity index (χ2v) is 14.4. The third-order valence-electron chi connectivity index (χ3n) is 10.5. The summed E-state index contributed by atoms with van der Waals surface area (Å²) in [4.78, 5) is 27.5. The highest BCUT2D eigenvalue weighted by Gasteiger charge is 2.49. The first-order valence-corrected chi connectivity index (χ1v) is 17.6. The minimum Gasteiger partial charge on any atom is -0.394 e. The van der Waals surface area contributed by atoms with Gasteiger partial charge in [0.05, 0.1) is 32.0 Å². The van der Waals surface area contributed by atoms with Crippen molar-refractivity contribution in [3.05, 3.63) is 0 Å². The summed E-state index contributed by atoms with van der Waals surface area (Å²) in [6, 6.07) is -1.04. The summed E-state index contributed by atoms with van der Waals surface area (Å²) in [5.74, 6) is -0.436. The van der Waals surface area contributed by atoms with Crippen LogP contribution in [0.4, 0.5) is 0 Å². The summed E-state index contributed by atoms with van der Waals surface area (Å²) in [7, 11) is 3.29. The zero-order valence-corrected chi connectivity index (χ0v) is 28.8. The number of nitrogens with zero attached hydrogens (tertiary/aromatic N) is 1. The Labute approximate surface area is 283 Å². The maximum atomic E-state index is 13.4. The van der Waals surface area contributed by atoms with Crippen molar-refractivity contribution in [2.45, 2.75) is 145 Å². The van der Waals surface area contributed by atoms with Gasteiger partial charge in [-0.15, -0.1) is 0 Å². The molecule has 15 heteroatoms. The second-order valence-electron chi connectivity index (χ2n) is 14.4. The molecule has 48 heavy (non-hydrogen) atoms. The van der Waals surface area contributed by atoms with Crippen LogP contribution in [0.15, 0.2) is 0 Å². The van der Waals surface area contributed by atoms with E-state index >= 15 is 0 Å². The first-order chi connectivity index (χ1) is 22.8. The molecule has 0 spiro atoms. The van der Waals surface area contributed by atoms with E-state index in [9.17, 15) is 35.1 Å². The van der Waals surface area contributed by atoms with E-state index in [1.54, 1.807) is 21.0 Å². The Hall–Kier alpha value is -1.50. The topological polar surface area (TPSA) is 223 Å². The molecule has 0 bridgehead atoms. The van der Waals surface area contributed by atoms with Crippen molar-refractivity contribution < 1.29 is 58.8 Å². The van der Waals surface area contributed by atoms with Gasteiger partial charge in [-0.05, 0) is 50.4 Å². The number of likely N-dealkylation sites (N-methyl/N-ethyl adjacent to an activating group) is 1. The van der Waals surface area contributed by atoms with Gasteiger partial charge in [0.2, 0.25) is 5.91 Å². The van der Waals surface area contributed by atoms with Gasteiger partial charge >= 0.3 is 0 Å². The van der Waals surface area contributed by atoms with E-state index in [4.69, 9.17) is 29.4 Å². The number of ether oxygens (including phenoxy) is 5. The summed E-state index contributed by atoms with van der Waals surface area (Å²) < 4.78 is 30.5. The number of hydrogen-bond acceptors (Lipinski definition) is 13. The molecule has 2 aliphatic heterocycles. The number of nitrogens with one attached hydrogen (secondary N) is 1. The molecule has 4 fully saturated rings. The number of carbonyl (C=O) groups is 2. The molecule has 8 N–H and O–H groups in total. The number of amides is 2. The zero-order valence-electron chi connectivity index (χ0n) is 28.8. The van der Waals surface area contributed by atoms with Crippen LogP contribution in [-0.4, -0.2) is 150 Å². The number of aliphatic hydroxyl groups excluding tert-OH is 5. The highest BCUT2D eigenvalue weighted by Crippen LogP contribution is 2.36. The molecule has 0 aromatic heterocycles. The molecule has 2 heterocycles. The predicted molar refractivity (Wildman–Crippen MR) is 171 cm³/mol. The number of aliphatic hydroxyl groups is 5. The molecule has 9 unspecified atom stereocenters. The smallest absolute Gasteiger partial charge is 0.251 e. The lowest BCUT2D eigenvalue weighted by Gasteiger charge is -2.46. The Kier molecular flexibility index (Phi) is 14.8. The van der Waals surface area contributed by atoms with Crippen LogP contribution in [0.25, 0.3) is 0 Å². The Morgan fingerprint density at radius 3 is 2.27 bits per heavy atom. The van der Waals surface area contributed by atoms with Gasteiger partial charge in [-0.3, -0.25) is 9.59 Å². The molecule has 4 aliphatic rings. The van der Waals surface area contributed by atoms with Crippen molar-refractivity contribution in [1.29, 1.82) is 0 Å². The lowest BCUT2D eigenvalue weighted by molar-refractivity contribution is -0.311. The minimum atomic E-state index is -1.41. The Balaban J connectivity index is 1.48. The molecule has 2 amide bonds. The lowest BCUT2D eigenvalue weighted by atomic mass is 9.81. The van der Waals surface area contributed by atoms with Crippen LogP contribution >= 0.6 is 0 Å². The zero-order chi connectivity index (χ0) is 35.1. The van der Waals surface area contributed by atoms with Gasteiger partial charge in [0.15, 0.2) is 12.6 Å². The van der Waals surface area contributed by atoms with E-state index in [1.807, 2.05) is 6.92 Å². The van der Waals surface area contributed by atoms with E-state index in [0.717, 1.165) is 44.9 Å². The Bertz CT molecular complexity index is 1020. The van der Waals surface area contributed by atoms with E-state index in [0.29, 0.717) is 12.8 Å². The highest BCUT2D eigenvalue weighted by atomic mass is 16.7. The van der Waals surface area contributed by atoms with E-state index in [1.165, 1.54) is 4.90 Å². The van der Waals surface area contributed by atoms with Crippen LogP contribution in [0.2, 0.25) is 0 Å². The summed E-state index contributed by atoms with van der Waals surface area (Å²) >= 11 is 0. The molecule has 4 rings (SSSR count). The second kappa shape index (κ2) is 18.1. The van der Waals surface area contributed by atoms with Crippen molar-refractivity contribution in [2.75, 3.05) is 33.9 Å². The van der Waals surface area contributed by atoms with Crippen LogP contribution in [0.5, 0.6) is 0 Å². The summed E-state index contributed by atoms with van der Waals surface area (Å²) in [5.41, 5.74) is 5.64. The van der Waals surface area contributed by atoms with Crippen molar-refractivity contribution in [2.24, 2.45) is 23.5 Å². The molecule has 2 aliphatic carbocycles. The third kappa shape index (κ3) is 9.84. The first kappa shape index (κ1) is 39.3. The fourth-order valence-electron chi connectivity index (χ4n) is 7.42.